The van der Waals surface area contributed by atoms with Crippen molar-refractivity contribution in [3.63, 3.8) is 0 Å². The predicted molar refractivity (Wildman–Crippen MR) is 101 cm³/mol. The van der Waals surface area contributed by atoms with Crippen molar-refractivity contribution in [2.45, 2.75) is 25.4 Å². The Morgan fingerprint density at radius 3 is 2.22 bits per heavy atom. The van der Waals surface area contributed by atoms with Gasteiger partial charge in [-0.15, -0.1) is 0 Å². The molecule has 0 amide bonds. The van der Waals surface area contributed by atoms with Crippen LogP contribution in [0.25, 0.3) is 0 Å². The number of anilines is 2. The van der Waals surface area contributed by atoms with Gasteiger partial charge in [-0.05, 0) is 61.0 Å². The first-order valence-electron chi connectivity index (χ1n) is 7.98. The third-order valence-corrected chi connectivity index (χ3v) is 3.87. The molecular weight excluding hydrogens is 373 g/mol. The van der Waals surface area contributed by atoms with Gasteiger partial charge < -0.3 is 10.6 Å². The maximum Gasteiger partial charge on any atom is 0.417 e. The molecule has 0 atom stereocenters. The highest BCUT2D eigenvalue weighted by Crippen LogP contribution is 2.33. The van der Waals surface area contributed by atoms with Crippen LogP contribution in [0.15, 0.2) is 42.5 Å². The standard InChI is InChI=1S/C19H15F3N4S/c20-19(21,22)17-11-16(9-6-14(17)12-24)26-18(27)25-15-7-4-13(5-8-15)3-1-2-10-23/h4-9,11H,1-3H2,(H2,25,26,27). The first-order chi connectivity index (χ1) is 12.8. The normalized spacial score (nSPS) is 10.6. The van der Waals surface area contributed by atoms with E-state index in [1.165, 1.54) is 12.1 Å². The molecule has 8 heteroatoms. The minimum atomic E-state index is -4.63. The summed E-state index contributed by atoms with van der Waals surface area (Å²) in [5.41, 5.74) is 0.434. The van der Waals surface area contributed by atoms with Crippen LogP contribution in [-0.2, 0) is 12.6 Å². The molecule has 0 saturated heterocycles. The summed E-state index contributed by atoms with van der Waals surface area (Å²) < 4.78 is 39.0. The van der Waals surface area contributed by atoms with Gasteiger partial charge in [-0.1, -0.05) is 12.1 Å². The third kappa shape index (κ3) is 5.98. The monoisotopic (exact) mass is 388 g/mol. The van der Waals surface area contributed by atoms with Gasteiger partial charge in [0.15, 0.2) is 5.11 Å². The second-order valence-corrected chi connectivity index (χ2v) is 6.07. The number of thiocarbonyl (C=S) groups is 1. The summed E-state index contributed by atoms with van der Waals surface area (Å²) in [6, 6.07) is 14.3. The van der Waals surface area contributed by atoms with Crippen molar-refractivity contribution >= 4 is 28.7 Å². The Morgan fingerprint density at radius 1 is 1.00 bits per heavy atom. The average Bonchev–Trinajstić information content (AvgIpc) is 2.62. The van der Waals surface area contributed by atoms with Gasteiger partial charge >= 0.3 is 6.18 Å². The summed E-state index contributed by atoms with van der Waals surface area (Å²) in [6.07, 6.45) is -2.55. The number of hydrogen-bond donors (Lipinski definition) is 2. The Labute approximate surface area is 160 Å². The lowest BCUT2D eigenvalue weighted by molar-refractivity contribution is -0.137. The van der Waals surface area contributed by atoms with Crippen LogP contribution >= 0.6 is 12.2 Å². The van der Waals surface area contributed by atoms with Crippen molar-refractivity contribution < 1.29 is 13.2 Å². The molecule has 0 aromatic heterocycles. The number of nitrogens with zero attached hydrogens (tertiary/aromatic N) is 2. The van der Waals surface area contributed by atoms with E-state index in [1.807, 2.05) is 12.1 Å². The minimum absolute atomic E-state index is 0.130. The zero-order valence-corrected chi connectivity index (χ0v) is 14.9. The smallest absolute Gasteiger partial charge is 0.332 e. The number of alkyl halides is 3. The second-order valence-electron chi connectivity index (χ2n) is 5.66. The fourth-order valence-electron chi connectivity index (χ4n) is 2.37. The Balaban J connectivity index is 2.02. The SMILES string of the molecule is N#CCCCc1ccc(NC(=S)Nc2ccc(C#N)c(C(F)(F)F)c2)cc1. The lowest BCUT2D eigenvalue weighted by Gasteiger charge is -2.14. The van der Waals surface area contributed by atoms with Crippen LogP contribution < -0.4 is 10.6 Å². The first kappa shape index (κ1) is 20.2. The topological polar surface area (TPSA) is 71.6 Å². The number of aryl methyl sites for hydroxylation is 1. The van der Waals surface area contributed by atoms with E-state index in [-0.39, 0.29) is 10.8 Å². The highest BCUT2D eigenvalue weighted by atomic mass is 32.1. The van der Waals surface area contributed by atoms with E-state index in [0.717, 1.165) is 30.5 Å². The molecule has 0 aliphatic carbocycles. The molecule has 0 aliphatic heterocycles. The molecule has 0 saturated carbocycles. The average molecular weight is 388 g/mol. The summed E-state index contributed by atoms with van der Waals surface area (Å²) in [7, 11) is 0. The molecule has 0 fully saturated rings. The lowest BCUT2D eigenvalue weighted by Crippen LogP contribution is -2.19. The van der Waals surface area contributed by atoms with Crippen molar-refractivity contribution in [2.24, 2.45) is 0 Å². The van der Waals surface area contributed by atoms with E-state index in [1.54, 1.807) is 12.1 Å². The summed E-state index contributed by atoms with van der Waals surface area (Å²) in [5.74, 6) is 0. The van der Waals surface area contributed by atoms with Crippen LogP contribution in [0.1, 0.15) is 29.5 Å². The quantitative estimate of drug-likeness (QED) is 0.542. The Bertz CT molecular complexity index is 893. The number of hydrogen-bond acceptors (Lipinski definition) is 3. The van der Waals surface area contributed by atoms with Gasteiger partial charge in [0, 0.05) is 17.8 Å². The van der Waals surface area contributed by atoms with Gasteiger partial charge in [0.25, 0.3) is 0 Å². The Hall–Kier alpha value is -3.10. The minimum Gasteiger partial charge on any atom is -0.332 e. The van der Waals surface area contributed by atoms with Crippen LogP contribution in [0.2, 0.25) is 0 Å². The maximum atomic E-state index is 13.0. The number of nitrogens with one attached hydrogen (secondary N) is 2. The van der Waals surface area contributed by atoms with Gasteiger partial charge in [-0.25, -0.2) is 0 Å². The summed E-state index contributed by atoms with van der Waals surface area (Å²) in [5, 5.41) is 23.1. The number of unbranched alkanes of at least 4 members (excludes halogenated alkanes) is 1. The van der Waals surface area contributed by atoms with E-state index in [2.05, 4.69) is 16.7 Å². The molecule has 138 valence electrons. The number of benzene rings is 2. The zero-order valence-electron chi connectivity index (χ0n) is 14.1. The molecule has 27 heavy (non-hydrogen) atoms. The van der Waals surface area contributed by atoms with Crippen molar-refractivity contribution in [3.8, 4) is 12.1 Å². The van der Waals surface area contributed by atoms with Gasteiger partial charge in [0.05, 0.1) is 23.3 Å². The van der Waals surface area contributed by atoms with E-state index in [9.17, 15) is 13.2 Å². The van der Waals surface area contributed by atoms with E-state index >= 15 is 0 Å². The molecule has 4 nitrogen and oxygen atoms in total. The lowest BCUT2D eigenvalue weighted by atomic mass is 10.1. The zero-order chi connectivity index (χ0) is 19.9. The molecule has 2 aromatic rings. The number of rotatable bonds is 5. The highest BCUT2D eigenvalue weighted by molar-refractivity contribution is 7.80. The molecule has 0 spiro atoms. The van der Waals surface area contributed by atoms with Crippen LogP contribution in [0, 0.1) is 22.7 Å². The fourth-order valence-corrected chi connectivity index (χ4v) is 2.61. The van der Waals surface area contributed by atoms with Crippen LogP contribution in [0.3, 0.4) is 0 Å². The molecule has 2 rings (SSSR count). The molecule has 0 aliphatic rings. The second kappa shape index (κ2) is 9.02. The Morgan fingerprint density at radius 2 is 1.63 bits per heavy atom. The van der Waals surface area contributed by atoms with E-state index < -0.39 is 17.3 Å². The Kier molecular flexibility index (Phi) is 6.75. The largest absolute Gasteiger partial charge is 0.417 e. The van der Waals surface area contributed by atoms with Crippen molar-refractivity contribution in [1.29, 1.82) is 10.5 Å². The molecule has 0 radical (unpaired) electrons. The summed E-state index contributed by atoms with van der Waals surface area (Å²) >= 11 is 5.13. The van der Waals surface area contributed by atoms with Crippen LogP contribution in [0.5, 0.6) is 0 Å². The first-order valence-corrected chi connectivity index (χ1v) is 8.39. The van der Waals surface area contributed by atoms with Gasteiger partial charge in [-0.3, -0.25) is 0 Å². The number of halogens is 3. The molecule has 2 N–H and O–H groups in total. The third-order valence-electron chi connectivity index (χ3n) is 3.67. The molecule has 0 heterocycles. The molecule has 2 aromatic carbocycles. The molecule has 0 bridgehead atoms. The van der Waals surface area contributed by atoms with Crippen LogP contribution in [-0.4, -0.2) is 5.11 Å². The van der Waals surface area contributed by atoms with Crippen molar-refractivity contribution in [1.82, 2.24) is 0 Å². The van der Waals surface area contributed by atoms with Gasteiger partial charge in [0.1, 0.15) is 0 Å². The van der Waals surface area contributed by atoms with Crippen molar-refractivity contribution in [3.05, 3.63) is 59.2 Å². The van der Waals surface area contributed by atoms with E-state index in [0.29, 0.717) is 12.1 Å². The summed E-state index contributed by atoms with van der Waals surface area (Å²) in [4.78, 5) is 0. The number of nitriles is 2. The van der Waals surface area contributed by atoms with E-state index in [4.69, 9.17) is 22.7 Å². The summed E-state index contributed by atoms with van der Waals surface area (Å²) in [6.45, 7) is 0. The predicted octanol–water partition coefficient (Wildman–Crippen LogP) is 5.23. The molecule has 0 unspecified atom stereocenters. The van der Waals surface area contributed by atoms with Gasteiger partial charge in [0.2, 0.25) is 0 Å². The van der Waals surface area contributed by atoms with Crippen LogP contribution in [0.4, 0.5) is 24.5 Å². The molecular formula is C19H15F3N4S. The highest BCUT2D eigenvalue weighted by Gasteiger charge is 2.33. The van der Waals surface area contributed by atoms with Crippen molar-refractivity contribution in [2.75, 3.05) is 10.6 Å². The van der Waals surface area contributed by atoms with Gasteiger partial charge in [-0.2, -0.15) is 23.7 Å². The fraction of sp³-hybridized carbons (Fsp3) is 0.211. The maximum absolute atomic E-state index is 13.0.